The highest BCUT2D eigenvalue weighted by Gasteiger charge is 2.32. The van der Waals surface area contributed by atoms with Crippen LogP contribution in [0.4, 0.5) is 19.1 Å². The van der Waals surface area contributed by atoms with E-state index in [2.05, 4.69) is 30.9 Å². The van der Waals surface area contributed by atoms with Crippen molar-refractivity contribution in [2.45, 2.75) is 19.5 Å². The van der Waals surface area contributed by atoms with E-state index in [4.69, 9.17) is 4.74 Å². The van der Waals surface area contributed by atoms with Crippen LogP contribution in [0.25, 0.3) is 0 Å². The van der Waals surface area contributed by atoms with Crippen LogP contribution in [0.15, 0.2) is 41.5 Å². The van der Waals surface area contributed by atoms with Crippen LogP contribution >= 0.6 is 0 Å². The summed E-state index contributed by atoms with van der Waals surface area (Å²) in [5.74, 6) is 1.38. The van der Waals surface area contributed by atoms with Crippen molar-refractivity contribution in [1.82, 2.24) is 20.6 Å². The summed E-state index contributed by atoms with van der Waals surface area (Å²) in [6.07, 6.45) is -2.64. The number of rotatable bonds is 9. The normalized spacial score (nSPS) is 11.8. The highest BCUT2D eigenvalue weighted by molar-refractivity contribution is 5.79. The van der Waals surface area contributed by atoms with E-state index >= 15 is 0 Å². The molecule has 2 rings (SSSR count). The monoisotopic (exact) mass is 410 g/mol. The number of aliphatic imine (C=N–C) groups is 1. The summed E-state index contributed by atoms with van der Waals surface area (Å²) in [5, 5.41) is 9.01. The maximum absolute atomic E-state index is 12.7. The minimum atomic E-state index is -4.49. The fourth-order valence-corrected chi connectivity index (χ4v) is 2.39. The van der Waals surface area contributed by atoms with E-state index in [-0.39, 0.29) is 5.95 Å². The minimum Gasteiger partial charge on any atom is -0.497 e. The number of aromatic nitrogens is 2. The van der Waals surface area contributed by atoms with Gasteiger partial charge in [-0.1, -0.05) is 12.1 Å². The van der Waals surface area contributed by atoms with Gasteiger partial charge in [-0.25, -0.2) is 9.97 Å². The van der Waals surface area contributed by atoms with Crippen LogP contribution in [0, 0.1) is 0 Å². The first-order valence-electron chi connectivity index (χ1n) is 9.21. The van der Waals surface area contributed by atoms with Gasteiger partial charge < -0.3 is 20.7 Å². The molecule has 0 saturated carbocycles. The SMILES string of the molecule is CCNC(=NCCc1ccc(OC)cc1)NCCNc1nccc(C(F)(F)F)n1. The van der Waals surface area contributed by atoms with Gasteiger partial charge >= 0.3 is 6.18 Å². The summed E-state index contributed by atoms with van der Waals surface area (Å²) in [6, 6.07) is 8.64. The largest absolute Gasteiger partial charge is 0.497 e. The quantitative estimate of drug-likeness (QED) is 0.335. The first-order valence-corrected chi connectivity index (χ1v) is 9.21. The highest BCUT2D eigenvalue weighted by atomic mass is 19.4. The zero-order chi connectivity index (χ0) is 21.1. The first kappa shape index (κ1) is 22.3. The van der Waals surface area contributed by atoms with E-state index in [9.17, 15) is 13.2 Å². The Morgan fingerprint density at radius 2 is 1.86 bits per heavy atom. The van der Waals surface area contributed by atoms with Gasteiger partial charge in [-0.05, 0) is 37.1 Å². The molecule has 158 valence electrons. The van der Waals surface area contributed by atoms with Crippen molar-refractivity contribution < 1.29 is 17.9 Å². The fraction of sp³-hybridized carbons (Fsp3) is 0.421. The molecule has 0 spiro atoms. The number of alkyl halides is 3. The Morgan fingerprint density at radius 3 is 2.52 bits per heavy atom. The number of anilines is 1. The molecule has 0 unspecified atom stereocenters. The summed E-state index contributed by atoms with van der Waals surface area (Å²) >= 11 is 0. The van der Waals surface area contributed by atoms with E-state index in [0.29, 0.717) is 32.1 Å². The molecular weight excluding hydrogens is 385 g/mol. The maximum Gasteiger partial charge on any atom is 0.433 e. The van der Waals surface area contributed by atoms with E-state index in [1.54, 1.807) is 7.11 Å². The summed E-state index contributed by atoms with van der Waals surface area (Å²) < 4.78 is 43.1. The predicted octanol–water partition coefficient (Wildman–Crippen LogP) is 2.71. The number of benzene rings is 1. The van der Waals surface area contributed by atoms with Gasteiger partial charge in [0.25, 0.3) is 0 Å². The van der Waals surface area contributed by atoms with Crippen LogP contribution in [0.2, 0.25) is 0 Å². The first-order chi connectivity index (χ1) is 13.9. The lowest BCUT2D eigenvalue weighted by molar-refractivity contribution is -0.141. The molecule has 0 amide bonds. The third-order valence-electron chi connectivity index (χ3n) is 3.82. The molecule has 1 heterocycles. The molecule has 2 aromatic rings. The fourth-order valence-electron chi connectivity index (χ4n) is 2.39. The molecule has 0 saturated heterocycles. The third kappa shape index (κ3) is 7.84. The number of hydrogen-bond donors (Lipinski definition) is 3. The molecule has 0 radical (unpaired) electrons. The van der Waals surface area contributed by atoms with Crippen molar-refractivity contribution in [2.24, 2.45) is 4.99 Å². The number of hydrogen-bond acceptors (Lipinski definition) is 5. The number of methoxy groups -OCH3 is 1. The van der Waals surface area contributed by atoms with Crippen molar-refractivity contribution in [3.63, 3.8) is 0 Å². The van der Waals surface area contributed by atoms with E-state index < -0.39 is 11.9 Å². The van der Waals surface area contributed by atoms with Gasteiger partial charge in [0, 0.05) is 32.4 Å². The lowest BCUT2D eigenvalue weighted by Gasteiger charge is -2.12. The lowest BCUT2D eigenvalue weighted by Crippen LogP contribution is -2.39. The van der Waals surface area contributed by atoms with Gasteiger partial charge in [0.05, 0.1) is 7.11 Å². The number of ether oxygens (including phenoxy) is 1. The van der Waals surface area contributed by atoms with E-state index in [1.807, 2.05) is 31.2 Å². The standard InChI is InChI=1S/C19H25F3N6O/c1-3-23-17(24-10-8-14-4-6-15(29-2)7-5-14)26-12-13-27-18-25-11-9-16(28-18)19(20,21)22/h4-7,9,11H,3,8,10,12-13H2,1-2H3,(H2,23,24,26)(H,25,27,28). The van der Waals surface area contributed by atoms with Gasteiger partial charge in [0.15, 0.2) is 5.96 Å². The minimum absolute atomic E-state index is 0.0666. The van der Waals surface area contributed by atoms with Crippen LogP contribution in [-0.2, 0) is 12.6 Å². The molecule has 3 N–H and O–H groups in total. The van der Waals surface area contributed by atoms with Crippen LogP contribution in [0.3, 0.4) is 0 Å². The Morgan fingerprint density at radius 1 is 1.10 bits per heavy atom. The molecule has 0 aliphatic heterocycles. The van der Waals surface area contributed by atoms with Crippen molar-refractivity contribution >= 4 is 11.9 Å². The summed E-state index contributed by atoms with van der Waals surface area (Å²) in [4.78, 5) is 11.8. The lowest BCUT2D eigenvalue weighted by atomic mass is 10.1. The molecule has 29 heavy (non-hydrogen) atoms. The second-order valence-electron chi connectivity index (χ2n) is 5.98. The summed E-state index contributed by atoms with van der Waals surface area (Å²) in [5.41, 5.74) is 0.171. The molecule has 1 aromatic carbocycles. The Bertz CT molecular complexity index is 780. The second-order valence-corrected chi connectivity index (χ2v) is 5.98. The molecule has 0 bridgehead atoms. The zero-order valence-electron chi connectivity index (χ0n) is 16.4. The van der Waals surface area contributed by atoms with E-state index in [1.165, 1.54) is 0 Å². The summed E-state index contributed by atoms with van der Waals surface area (Å²) in [7, 11) is 1.63. The van der Waals surface area contributed by atoms with Gasteiger partial charge in [-0.3, -0.25) is 4.99 Å². The van der Waals surface area contributed by atoms with Crippen molar-refractivity contribution in [3.8, 4) is 5.75 Å². The molecular formula is C19H25F3N6O. The zero-order valence-corrected chi connectivity index (χ0v) is 16.4. The summed E-state index contributed by atoms with van der Waals surface area (Å²) in [6.45, 7) is 4.01. The van der Waals surface area contributed by atoms with Crippen LogP contribution in [0.1, 0.15) is 18.2 Å². The second kappa shape index (κ2) is 11.1. The Hall–Kier alpha value is -3.04. The number of halogens is 3. The molecule has 0 aliphatic rings. The van der Waals surface area contributed by atoms with Gasteiger partial charge in [-0.15, -0.1) is 0 Å². The Labute approximate surface area is 167 Å². The molecule has 0 aliphatic carbocycles. The Kier molecular flexibility index (Phi) is 8.50. The highest BCUT2D eigenvalue weighted by Crippen LogP contribution is 2.27. The van der Waals surface area contributed by atoms with Gasteiger partial charge in [-0.2, -0.15) is 13.2 Å². The molecule has 1 aromatic heterocycles. The average molecular weight is 410 g/mol. The molecule has 0 fully saturated rings. The smallest absolute Gasteiger partial charge is 0.433 e. The number of nitrogens with one attached hydrogen (secondary N) is 3. The topological polar surface area (TPSA) is 83.5 Å². The molecule has 0 atom stereocenters. The Balaban J connectivity index is 1.78. The van der Waals surface area contributed by atoms with E-state index in [0.717, 1.165) is 30.0 Å². The van der Waals surface area contributed by atoms with Crippen molar-refractivity contribution in [1.29, 1.82) is 0 Å². The number of guanidine groups is 1. The van der Waals surface area contributed by atoms with Gasteiger partial charge in [0.1, 0.15) is 11.4 Å². The van der Waals surface area contributed by atoms with Gasteiger partial charge in [0.2, 0.25) is 5.95 Å². The number of nitrogens with zero attached hydrogens (tertiary/aromatic N) is 3. The molecule has 7 nitrogen and oxygen atoms in total. The van der Waals surface area contributed by atoms with Crippen LogP contribution in [-0.4, -0.2) is 49.2 Å². The predicted molar refractivity (Wildman–Crippen MR) is 106 cm³/mol. The average Bonchev–Trinajstić information content (AvgIpc) is 2.71. The van der Waals surface area contributed by atoms with Crippen molar-refractivity contribution in [3.05, 3.63) is 47.8 Å². The van der Waals surface area contributed by atoms with Crippen LogP contribution < -0.4 is 20.7 Å². The third-order valence-corrected chi connectivity index (χ3v) is 3.82. The molecule has 10 heteroatoms. The van der Waals surface area contributed by atoms with Crippen molar-refractivity contribution in [2.75, 3.05) is 38.6 Å². The maximum atomic E-state index is 12.7. The van der Waals surface area contributed by atoms with Crippen LogP contribution in [0.5, 0.6) is 5.75 Å².